The number of fused-ring (bicyclic) bond motifs is 9. The molecule has 0 N–H and O–H groups in total. The molecule has 63 heavy (non-hydrogen) atoms. The van der Waals surface area contributed by atoms with E-state index >= 15 is 0 Å². The molecule has 0 heterocycles. The van der Waals surface area contributed by atoms with Gasteiger partial charge in [-0.1, -0.05) is 210 Å². The lowest BCUT2D eigenvalue weighted by molar-refractivity contribution is 0.660. The Labute approximate surface area is 370 Å². The summed E-state index contributed by atoms with van der Waals surface area (Å²) in [6, 6.07) is 79.2. The van der Waals surface area contributed by atoms with E-state index in [2.05, 4.69) is 245 Å². The molecule has 0 unspecified atom stereocenters. The summed E-state index contributed by atoms with van der Waals surface area (Å²) in [5.41, 5.74) is 21.3. The van der Waals surface area contributed by atoms with Gasteiger partial charge < -0.3 is 4.90 Å². The fourth-order valence-corrected chi connectivity index (χ4v) is 11.3. The van der Waals surface area contributed by atoms with E-state index in [0.29, 0.717) is 0 Å². The SMILES string of the molecule is CC1(C)c2ccccc2-c2ccc(-c3ccccc3N(c3cccc(-c4cccc5c4C(C)(C)c4ccccc4-5)c3)c3ccccc3-c3cccc4c3ccc3ccccc34)cc21. The van der Waals surface area contributed by atoms with Gasteiger partial charge in [-0.3, -0.25) is 0 Å². The van der Waals surface area contributed by atoms with Crippen LogP contribution in [0.5, 0.6) is 0 Å². The standard InChI is InChI=1S/C62H47N/c1-61(2)55-30-11-7-23-50(55)52-37-35-42(39-57(52)61)45-22-9-13-32-58(45)63(59-33-14-10-25-53(59)48-28-17-27-47-44-21-6-5-18-40(44)34-36-49(47)48)43-20-15-19-41(38-43)46-26-16-29-54-51-24-8-12-31-56(51)62(3,4)60(46)54/h5-39H,1-4H3. The smallest absolute Gasteiger partial charge is 0.0540 e. The van der Waals surface area contributed by atoms with Crippen LogP contribution < -0.4 is 4.90 Å². The Morgan fingerprint density at radius 3 is 1.65 bits per heavy atom. The van der Waals surface area contributed by atoms with Crippen LogP contribution in [-0.4, -0.2) is 0 Å². The van der Waals surface area contributed by atoms with Crippen molar-refractivity contribution in [2.75, 3.05) is 4.90 Å². The van der Waals surface area contributed by atoms with Crippen molar-refractivity contribution in [2.45, 2.75) is 38.5 Å². The maximum atomic E-state index is 2.52. The highest BCUT2D eigenvalue weighted by atomic mass is 15.1. The monoisotopic (exact) mass is 805 g/mol. The molecule has 1 heteroatoms. The number of para-hydroxylation sites is 2. The molecule has 12 rings (SSSR count). The number of benzene rings is 10. The van der Waals surface area contributed by atoms with Gasteiger partial charge in [0.1, 0.15) is 0 Å². The molecule has 2 aliphatic rings. The molecule has 0 amide bonds. The largest absolute Gasteiger partial charge is 0.309 e. The topological polar surface area (TPSA) is 3.24 Å². The third-order valence-electron chi connectivity index (χ3n) is 14.3. The first-order valence-corrected chi connectivity index (χ1v) is 22.3. The molecule has 0 spiro atoms. The van der Waals surface area contributed by atoms with Crippen molar-refractivity contribution in [3.63, 3.8) is 0 Å². The van der Waals surface area contributed by atoms with Gasteiger partial charge in [0.15, 0.2) is 0 Å². The van der Waals surface area contributed by atoms with Gasteiger partial charge in [-0.2, -0.15) is 0 Å². The van der Waals surface area contributed by atoms with Crippen LogP contribution in [0.15, 0.2) is 212 Å². The van der Waals surface area contributed by atoms with Gasteiger partial charge in [0.25, 0.3) is 0 Å². The molecule has 0 aromatic heterocycles. The first-order chi connectivity index (χ1) is 30.8. The second kappa shape index (κ2) is 14.0. The minimum absolute atomic E-state index is 0.112. The molecule has 10 aromatic carbocycles. The molecule has 300 valence electrons. The minimum atomic E-state index is -0.142. The van der Waals surface area contributed by atoms with Crippen molar-refractivity contribution in [2.24, 2.45) is 0 Å². The van der Waals surface area contributed by atoms with E-state index in [1.54, 1.807) is 0 Å². The highest BCUT2D eigenvalue weighted by Gasteiger charge is 2.38. The number of hydrogen-bond donors (Lipinski definition) is 0. The lowest BCUT2D eigenvalue weighted by Gasteiger charge is -2.31. The Hall–Kier alpha value is -7.48. The Morgan fingerprint density at radius 1 is 0.302 bits per heavy atom. The quantitative estimate of drug-likeness (QED) is 0.151. The van der Waals surface area contributed by atoms with Gasteiger partial charge in [0.2, 0.25) is 0 Å². The summed E-state index contributed by atoms with van der Waals surface area (Å²) < 4.78 is 0. The Balaban J connectivity index is 1.09. The van der Waals surface area contributed by atoms with Crippen molar-refractivity contribution >= 4 is 38.6 Å². The van der Waals surface area contributed by atoms with E-state index in [1.165, 1.54) is 99.4 Å². The predicted octanol–water partition coefficient (Wildman–Crippen LogP) is 17.1. The maximum Gasteiger partial charge on any atom is 0.0540 e. The molecule has 0 radical (unpaired) electrons. The number of rotatable bonds is 6. The lowest BCUT2D eigenvalue weighted by atomic mass is 9.79. The second-order valence-electron chi connectivity index (χ2n) is 18.4. The summed E-state index contributed by atoms with van der Waals surface area (Å²) in [6.07, 6.45) is 0. The highest BCUT2D eigenvalue weighted by molar-refractivity contribution is 6.13. The molecule has 0 saturated heterocycles. The van der Waals surface area contributed by atoms with Gasteiger partial charge in [-0.25, -0.2) is 0 Å². The average Bonchev–Trinajstić information content (AvgIpc) is 3.71. The number of hydrogen-bond acceptors (Lipinski definition) is 1. The molecule has 0 atom stereocenters. The van der Waals surface area contributed by atoms with Crippen LogP contribution in [0.3, 0.4) is 0 Å². The van der Waals surface area contributed by atoms with E-state index < -0.39 is 0 Å². The summed E-state index contributed by atoms with van der Waals surface area (Å²) in [6.45, 7) is 9.51. The zero-order valence-corrected chi connectivity index (χ0v) is 36.2. The molecule has 2 aliphatic carbocycles. The summed E-state index contributed by atoms with van der Waals surface area (Å²) in [7, 11) is 0. The molecule has 10 aromatic rings. The zero-order chi connectivity index (χ0) is 42.5. The predicted molar refractivity (Wildman–Crippen MR) is 268 cm³/mol. The van der Waals surface area contributed by atoms with Crippen LogP contribution in [-0.2, 0) is 10.8 Å². The van der Waals surface area contributed by atoms with Crippen LogP contribution in [0.4, 0.5) is 17.1 Å². The third kappa shape index (κ3) is 5.62. The normalized spacial score (nSPS) is 14.0. The van der Waals surface area contributed by atoms with Crippen molar-refractivity contribution in [3.05, 3.63) is 235 Å². The molecule has 0 fully saturated rings. The summed E-state index contributed by atoms with van der Waals surface area (Å²) in [4.78, 5) is 2.52. The van der Waals surface area contributed by atoms with E-state index in [-0.39, 0.29) is 10.8 Å². The van der Waals surface area contributed by atoms with E-state index in [0.717, 1.165) is 17.1 Å². The molecule has 0 bridgehead atoms. The van der Waals surface area contributed by atoms with Gasteiger partial charge in [0, 0.05) is 27.6 Å². The van der Waals surface area contributed by atoms with Crippen molar-refractivity contribution < 1.29 is 0 Å². The van der Waals surface area contributed by atoms with Crippen LogP contribution in [0.2, 0.25) is 0 Å². The van der Waals surface area contributed by atoms with Crippen LogP contribution in [0.1, 0.15) is 49.9 Å². The summed E-state index contributed by atoms with van der Waals surface area (Å²) in [5.74, 6) is 0. The molecular formula is C62H47N. The van der Waals surface area contributed by atoms with Gasteiger partial charge in [0.05, 0.1) is 11.4 Å². The molecule has 0 aliphatic heterocycles. The molecule has 0 saturated carbocycles. The van der Waals surface area contributed by atoms with Gasteiger partial charge >= 0.3 is 0 Å². The van der Waals surface area contributed by atoms with E-state index in [4.69, 9.17) is 0 Å². The van der Waals surface area contributed by atoms with E-state index in [9.17, 15) is 0 Å². The zero-order valence-electron chi connectivity index (χ0n) is 36.2. The Morgan fingerprint density at radius 2 is 0.841 bits per heavy atom. The van der Waals surface area contributed by atoms with Gasteiger partial charge in [-0.05, 0) is 119 Å². The summed E-state index contributed by atoms with van der Waals surface area (Å²) >= 11 is 0. The van der Waals surface area contributed by atoms with Crippen molar-refractivity contribution in [3.8, 4) is 55.6 Å². The number of anilines is 3. The van der Waals surface area contributed by atoms with Crippen LogP contribution >= 0.6 is 0 Å². The first kappa shape index (κ1) is 37.3. The number of nitrogens with zero attached hydrogens (tertiary/aromatic N) is 1. The van der Waals surface area contributed by atoms with Crippen LogP contribution in [0, 0.1) is 0 Å². The van der Waals surface area contributed by atoms with Crippen molar-refractivity contribution in [1.29, 1.82) is 0 Å². The van der Waals surface area contributed by atoms with Crippen LogP contribution in [0.25, 0.3) is 77.2 Å². The molecule has 1 nitrogen and oxygen atoms in total. The first-order valence-electron chi connectivity index (χ1n) is 22.3. The average molecular weight is 806 g/mol. The Bertz CT molecular complexity index is 3470. The lowest BCUT2D eigenvalue weighted by Crippen LogP contribution is -2.16. The molecular weight excluding hydrogens is 759 g/mol. The Kier molecular flexibility index (Phi) is 8.30. The fraction of sp³-hybridized carbons (Fsp3) is 0.0968. The van der Waals surface area contributed by atoms with Gasteiger partial charge in [-0.15, -0.1) is 0 Å². The fourth-order valence-electron chi connectivity index (χ4n) is 11.3. The second-order valence-corrected chi connectivity index (χ2v) is 18.4. The summed E-state index contributed by atoms with van der Waals surface area (Å²) in [5, 5.41) is 5.03. The third-order valence-corrected chi connectivity index (χ3v) is 14.3. The highest BCUT2D eigenvalue weighted by Crippen LogP contribution is 2.54. The maximum absolute atomic E-state index is 2.52. The van der Waals surface area contributed by atoms with E-state index in [1.807, 2.05) is 0 Å². The van der Waals surface area contributed by atoms with Crippen molar-refractivity contribution in [1.82, 2.24) is 0 Å². The minimum Gasteiger partial charge on any atom is -0.309 e.